The van der Waals surface area contributed by atoms with Gasteiger partial charge in [0.05, 0.1) is 0 Å². The van der Waals surface area contributed by atoms with Gasteiger partial charge in [-0.15, -0.1) is 0 Å². The van der Waals surface area contributed by atoms with Gasteiger partial charge in [-0.3, -0.25) is 0 Å². The molecule has 104 valence electrons. The maximum Gasteiger partial charge on any atom is 0.00676 e. The summed E-state index contributed by atoms with van der Waals surface area (Å²) in [5, 5.41) is 3.81. The van der Waals surface area contributed by atoms with Gasteiger partial charge in [0, 0.05) is 6.04 Å². The van der Waals surface area contributed by atoms with Crippen LogP contribution in [0.1, 0.15) is 57.4 Å². The lowest BCUT2D eigenvalue weighted by atomic mass is 9.82. The molecule has 2 saturated carbocycles. The summed E-state index contributed by atoms with van der Waals surface area (Å²) in [6.45, 7) is 6.03. The molecule has 1 heteroatoms. The third-order valence-corrected chi connectivity index (χ3v) is 5.37. The third-order valence-electron chi connectivity index (χ3n) is 5.37. The lowest BCUT2D eigenvalue weighted by molar-refractivity contribution is 0.334. The van der Waals surface area contributed by atoms with Gasteiger partial charge in [0.1, 0.15) is 0 Å². The van der Waals surface area contributed by atoms with E-state index >= 15 is 0 Å². The van der Waals surface area contributed by atoms with Crippen molar-refractivity contribution in [1.29, 1.82) is 0 Å². The molecule has 1 N–H and O–H groups in total. The van der Waals surface area contributed by atoms with Gasteiger partial charge in [-0.1, -0.05) is 44.2 Å². The van der Waals surface area contributed by atoms with Crippen LogP contribution in [0.3, 0.4) is 0 Å². The normalized spacial score (nSPS) is 33.1. The molecule has 1 aromatic rings. The SMILES string of the molecule is CC1(C)CC1CNC1CCC(c2ccccc2)CC1. The van der Waals surface area contributed by atoms with E-state index in [4.69, 9.17) is 0 Å². The first-order valence-corrected chi connectivity index (χ1v) is 7.93. The minimum Gasteiger partial charge on any atom is -0.314 e. The van der Waals surface area contributed by atoms with Crippen LogP contribution in [0.4, 0.5) is 0 Å². The van der Waals surface area contributed by atoms with E-state index in [1.807, 2.05) is 0 Å². The highest BCUT2D eigenvalue weighted by Gasteiger charge is 2.45. The summed E-state index contributed by atoms with van der Waals surface area (Å²) in [7, 11) is 0. The van der Waals surface area contributed by atoms with Crippen LogP contribution in [0.25, 0.3) is 0 Å². The fourth-order valence-corrected chi connectivity index (χ4v) is 3.59. The summed E-state index contributed by atoms with van der Waals surface area (Å²) in [5.41, 5.74) is 2.16. The molecule has 0 saturated heterocycles. The molecule has 0 bridgehead atoms. The quantitative estimate of drug-likeness (QED) is 0.845. The summed E-state index contributed by atoms with van der Waals surface area (Å²) in [6, 6.07) is 11.8. The molecule has 2 fully saturated rings. The number of benzene rings is 1. The largest absolute Gasteiger partial charge is 0.314 e. The predicted molar refractivity (Wildman–Crippen MR) is 81.3 cm³/mol. The van der Waals surface area contributed by atoms with Crippen molar-refractivity contribution in [2.24, 2.45) is 11.3 Å². The molecule has 1 atom stereocenters. The van der Waals surface area contributed by atoms with Crippen LogP contribution in [0, 0.1) is 11.3 Å². The minimum absolute atomic E-state index is 0.619. The molecule has 0 radical (unpaired) electrons. The molecule has 1 aromatic carbocycles. The van der Waals surface area contributed by atoms with Crippen LogP contribution in [0.15, 0.2) is 30.3 Å². The lowest BCUT2D eigenvalue weighted by Gasteiger charge is -2.29. The van der Waals surface area contributed by atoms with Crippen LogP contribution < -0.4 is 5.32 Å². The average Bonchev–Trinajstić information content (AvgIpc) is 3.06. The molecule has 0 amide bonds. The van der Waals surface area contributed by atoms with Gasteiger partial charge in [-0.25, -0.2) is 0 Å². The summed E-state index contributed by atoms with van der Waals surface area (Å²) in [5.74, 6) is 1.73. The molecular weight excluding hydrogens is 230 g/mol. The second kappa shape index (κ2) is 5.28. The van der Waals surface area contributed by atoms with Crippen molar-refractivity contribution >= 4 is 0 Å². The summed E-state index contributed by atoms with van der Waals surface area (Å²) in [6.07, 6.45) is 6.84. The van der Waals surface area contributed by atoms with E-state index in [0.717, 1.165) is 17.9 Å². The van der Waals surface area contributed by atoms with E-state index in [9.17, 15) is 0 Å². The highest BCUT2D eigenvalue weighted by molar-refractivity contribution is 5.20. The zero-order valence-corrected chi connectivity index (χ0v) is 12.4. The Labute approximate surface area is 117 Å². The van der Waals surface area contributed by atoms with Gasteiger partial charge >= 0.3 is 0 Å². The number of nitrogens with one attached hydrogen (secondary N) is 1. The van der Waals surface area contributed by atoms with Crippen molar-refractivity contribution in [3.63, 3.8) is 0 Å². The van der Waals surface area contributed by atoms with Gasteiger partial charge in [0.25, 0.3) is 0 Å². The van der Waals surface area contributed by atoms with Crippen LogP contribution in [0.2, 0.25) is 0 Å². The van der Waals surface area contributed by atoms with Crippen LogP contribution in [-0.2, 0) is 0 Å². The second-order valence-corrected chi connectivity index (χ2v) is 7.26. The van der Waals surface area contributed by atoms with E-state index in [-0.39, 0.29) is 0 Å². The maximum atomic E-state index is 3.81. The van der Waals surface area contributed by atoms with Crippen LogP contribution in [-0.4, -0.2) is 12.6 Å². The van der Waals surface area contributed by atoms with Crippen molar-refractivity contribution in [2.75, 3.05) is 6.54 Å². The second-order valence-electron chi connectivity index (χ2n) is 7.26. The summed E-state index contributed by atoms with van der Waals surface area (Å²) < 4.78 is 0. The van der Waals surface area contributed by atoms with Gasteiger partial charge in [-0.05, 0) is 61.5 Å². The lowest BCUT2D eigenvalue weighted by Crippen LogP contribution is -2.34. The maximum absolute atomic E-state index is 3.81. The number of hydrogen-bond donors (Lipinski definition) is 1. The molecule has 0 heterocycles. The Morgan fingerprint density at radius 3 is 2.26 bits per heavy atom. The minimum atomic E-state index is 0.619. The van der Waals surface area contributed by atoms with E-state index in [0.29, 0.717) is 5.41 Å². The Hall–Kier alpha value is -0.820. The first-order chi connectivity index (χ1) is 9.15. The van der Waals surface area contributed by atoms with E-state index in [1.54, 1.807) is 5.56 Å². The summed E-state index contributed by atoms with van der Waals surface area (Å²) in [4.78, 5) is 0. The van der Waals surface area contributed by atoms with Gasteiger partial charge < -0.3 is 5.32 Å². The number of hydrogen-bond acceptors (Lipinski definition) is 1. The molecule has 2 aliphatic rings. The van der Waals surface area contributed by atoms with Gasteiger partial charge in [-0.2, -0.15) is 0 Å². The molecule has 0 aliphatic heterocycles. The van der Waals surface area contributed by atoms with Gasteiger partial charge in [0.2, 0.25) is 0 Å². The summed E-state index contributed by atoms with van der Waals surface area (Å²) >= 11 is 0. The first kappa shape index (κ1) is 13.2. The van der Waals surface area contributed by atoms with E-state index in [2.05, 4.69) is 49.5 Å². The van der Waals surface area contributed by atoms with E-state index < -0.39 is 0 Å². The zero-order chi connectivity index (χ0) is 13.3. The highest BCUT2D eigenvalue weighted by Crippen LogP contribution is 2.51. The average molecular weight is 257 g/mol. The third kappa shape index (κ3) is 3.20. The van der Waals surface area contributed by atoms with Crippen LogP contribution >= 0.6 is 0 Å². The smallest absolute Gasteiger partial charge is 0.00676 e. The van der Waals surface area contributed by atoms with Crippen molar-refractivity contribution in [2.45, 2.75) is 57.9 Å². The monoisotopic (exact) mass is 257 g/mol. The molecule has 1 unspecified atom stereocenters. The Morgan fingerprint density at radius 2 is 1.68 bits per heavy atom. The van der Waals surface area contributed by atoms with Crippen LogP contribution in [0.5, 0.6) is 0 Å². The fourth-order valence-electron chi connectivity index (χ4n) is 3.59. The van der Waals surface area contributed by atoms with Crippen molar-refractivity contribution < 1.29 is 0 Å². The van der Waals surface area contributed by atoms with Crippen molar-refractivity contribution in [3.8, 4) is 0 Å². The number of rotatable bonds is 4. The zero-order valence-electron chi connectivity index (χ0n) is 12.4. The van der Waals surface area contributed by atoms with Gasteiger partial charge in [0.15, 0.2) is 0 Å². The highest BCUT2D eigenvalue weighted by atomic mass is 14.9. The molecule has 0 aromatic heterocycles. The Morgan fingerprint density at radius 1 is 1.05 bits per heavy atom. The Kier molecular flexibility index (Phi) is 3.66. The fraction of sp³-hybridized carbons (Fsp3) is 0.667. The van der Waals surface area contributed by atoms with Crippen molar-refractivity contribution in [3.05, 3.63) is 35.9 Å². The Bertz CT molecular complexity index is 401. The standard InChI is InChI=1S/C18H27N/c1-18(2)12-16(18)13-19-17-10-8-15(9-11-17)14-6-4-3-5-7-14/h3-7,15-17,19H,8-13H2,1-2H3. The molecule has 0 spiro atoms. The van der Waals surface area contributed by atoms with E-state index in [1.165, 1.54) is 38.6 Å². The van der Waals surface area contributed by atoms with Crippen molar-refractivity contribution in [1.82, 2.24) is 5.32 Å². The predicted octanol–water partition coefficient (Wildman–Crippen LogP) is 4.35. The Balaban J connectivity index is 1.42. The molecule has 19 heavy (non-hydrogen) atoms. The molecule has 1 nitrogen and oxygen atoms in total. The molecule has 2 aliphatic carbocycles. The molecular formula is C18H27N. The topological polar surface area (TPSA) is 12.0 Å². The first-order valence-electron chi connectivity index (χ1n) is 7.93. The molecule has 3 rings (SSSR count).